The monoisotopic (exact) mass is 329 g/mol. The van der Waals surface area contributed by atoms with Crippen molar-refractivity contribution in [3.8, 4) is 0 Å². The second-order valence-corrected chi connectivity index (χ2v) is 5.89. The zero-order valence-electron chi connectivity index (χ0n) is 14.8. The Morgan fingerprint density at radius 3 is 2.42 bits per heavy atom. The van der Waals surface area contributed by atoms with E-state index in [1.54, 1.807) is 14.0 Å². The van der Waals surface area contributed by atoms with E-state index in [0.717, 1.165) is 16.8 Å². The molecular weight excluding hydrogens is 306 g/mol. The lowest BCUT2D eigenvalue weighted by molar-refractivity contribution is -0.116. The molecule has 0 radical (unpaired) electrons. The summed E-state index contributed by atoms with van der Waals surface area (Å²) in [6.07, 6.45) is 0.598. The third kappa shape index (κ3) is 3.64. The molecule has 0 fully saturated rings. The molecule has 0 saturated carbocycles. The van der Waals surface area contributed by atoms with Crippen molar-refractivity contribution < 1.29 is 14.1 Å². The van der Waals surface area contributed by atoms with E-state index in [2.05, 4.69) is 10.5 Å². The van der Waals surface area contributed by atoms with Crippen molar-refractivity contribution in [2.45, 2.75) is 34.1 Å². The lowest BCUT2D eigenvalue weighted by Gasteiger charge is -2.18. The van der Waals surface area contributed by atoms with Crippen LogP contribution in [0.25, 0.3) is 0 Å². The molecule has 6 heteroatoms. The van der Waals surface area contributed by atoms with Gasteiger partial charge in [-0.1, -0.05) is 30.3 Å². The van der Waals surface area contributed by atoms with E-state index in [1.165, 1.54) is 4.90 Å². The van der Waals surface area contributed by atoms with Crippen molar-refractivity contribution in [2.24, 2.45) is 0 Å². The number of hydrogen-bond acceptors (Lipinski definition) is 4. The van der Waals surface area contributed by atoms with Crippen LogP contribution in [0, 0.1) is 20.8 Å². The van der Waals surface area contributed by atoms with E-state index < -0.39 is 0 Å². The van der Waals surface area contributed by atoms with Crippen LogP contribution in [0.2, 0.25) is 0 Å². The van der Waals surface area contributed by atoms with Gasteiger partial charge >= 0.3 is 0 Å². The van der Waals surface area contributed by atoms with Crippen LogP contribution < -0.4 is 5.32 Å². The summed E-state index contributed by atoms with van der Waals surface area (Å²) in [5.74, 6) is -0.0310. The number of nitrogens with zero attached hydrogens (tertiary/aromatic N) is 2. The van der Waals surface area contributed by atoms with Crippen LogP contribution in [-0.4, -0.2) is 35.5 Å². The third-order valence-corrected chi connectivity index (χ3v) is 3.96. The van der Waals surface area contributed by atoms with Crippen LogP contribution in [0.5, 0.6) is 0 Å². The van der Waals surface area contributed by atoms with Gasteiger partial charge in [-0.3, -0.25) is 9.59 Å². The van der Waals surface area contributed by atoms with Crippen molar-refractivity contribution in [3.63, 3.8) is 0 Å². The van der Waals surface area contributed by atoms with E-state index in [9.17, 15) is 9.59 Å². The average molecular weight is 329 g/mol. The number of carbonyl (C=O) groups is 2. The molecule has 2 aromatic rings. The molecule has 0 spiro atoms. The van der Waals surface area contributed by atoms with Crippen molar-refractivity contribution in [1.29, 1.82) is 0 Å². The van der Waals surface area contributed by atoms with E-state index in [-0.39, 0.29) is 18.4 Å². The average Bonchev–Trinajstić information content (AvgIpc) is 2.91. The van der Waals surface area contributed by atoms with E-state index in [1.807, 2.05) is 39.0 Å². The molecular formula is C18H23N3O3. The zero-order valence-corrected chi connectivity index (χ0v) is 14.8. The van der Waals surface area contributed by atoms with Gasteiger partial charge in [0.15, 0.2) is 0 Å². The molecule has 2 rings (SSSR count). The first-order valence-electron chi connectivity index (χ1n) is 7.91. The molecule has 0 aliphatic carbocycles. The van der Waals surface area contributed by atoms with Crippen molar-refractivity contribution in [1.82, 2.24) is 10.1 Å². The van der Waals surface area contributed by atoms with Crippen LogP contribution >= 0.6 is 0 Å². The molecule has 0 unspecified atom stereocenters. The molecule has 2 amide bonds. The Morgan fingerprint density at radius 2 is 1.83 bits per heavy atom. The molecule has 24 heavy (non-hydrogen) atoms. The van der Waals surface area contributed by atoms with Gasteiger partial charge in [-0.05, 0) is 38.3 Å². The van der Waals surface area contributed by atoms with Crippen LogP contribution in [0.15, 0.2) is 22.7 Å². The van der Waals surface area contributed by atoms with Crippen LogP contribution in [0.3, 0.4) is 0 Å². The highest BCUT2D eigenvalue weighted by atomic mass is 16.5. The summed E-state index contributed by atoms with van der Waals surface area (Å²) in [6, 6.07) is 5.81. The standard InChI is InChI=1S/C18H23N3O3/c1-6-14-16(13(4)24-20-14)18(23)21(5)10-15(22)19-17-11(2)8-7-9-12(17)3/h7-9H,6,10H2,1-5H3,(H,19,22). The number of benzene rings is 1. The van der Waals surface area contributed by atoms with Crippen LogP contribution in [-0.2, 0) is 11.2 Å². The zero-order chi connectivity index (χ0) is 17.9. The number of para-hydroxylation sites is 1. The van der Waals surface area contributed by atoms with Crippen molar-refractivity contribution >= 4 is 17.5 Å². The molecule has 0 aliphatic heterocycles. The van der Waals surface area contributed by atoms with Gasteiger partial charge in [-0.25, -0.2) is 0 Å². The Hall–Kier alpha value is -2.63. The van der Waals surface area contributed by atoms with E-state index in [0.29, 0.717) is 23.4 Å². The fraction of sp³-hybridized carbons (Fsp3) is 0.389. The quantitative estimate of drug-likeness (QED) is 0.915. The minimum atomic E-state index is -0.262. The smallest absolute Gasteiger partial charge is 0.259 e. The van der Waals surface area contributed by atoms with Gasteiger partial charge in [0.25, 0.3) is 5.91 Å². The minimum absolute atomic E-state index is 0.0413. The maximum Gasteiger partial charge on any atom is 0.259 e. The number of nitrogens with one attached hydrogen (secondary N) is 1. The van der Waals surface area contributed by atoms with E-state index in [4.69, 9.17) is 4.52 Å². The first-order valence-corrected chi connectivity index (χ1v) is 7.91. The molecule has 1 aromatic heterocycles. The highest BCUT2D eigenvalue weighted by molar-refractivity contribution is 6.00. The first-order chi connectivity index (χ1) is 11.3. The van der Waals surface area contributed by atoms with Gasteiger partial charge in [-0.2, -0.15) is 0 Å². The Labute approximate surface area is 141 Å². The number of hydrogen-bond donors (Lipinski definition) is 1. The summed E-state index contributed by atoms with van der Waals surface area (Å²) in [4.78, 5) is 26.2. The molecule has 0 atom stereocenters. The molecule has 0 bridgehead atoms. The van der Waals surface area contributed by atoms with Gasteiger partial charge in [0.05, 0.1) is 12.2 Å². The maximum absolute atomic E-state index is 12.6. The Morgan fingerprint density at radius 1 is 1.21 bits per heavy atom. The lowest BCUT2D eigenvalue weighted by Crippen LogP contribution is -2.35. The molecule has 1 aromatic carbocycles. The van der Waals surface area contributed by atoms with Gasteiger partial charge < -0.3 is 14.7 Å². The predicted octanol–water partition coefficient (Wildman–Crippen LogP) is 2.87. The lowest BCUT2D eigenvalue weighted by atomic mass is 10.1. The van der Waals surface area contributed by atoms with Crippen LogP contribution in [0.1, 0.15) is 39.9 Å². The number of aryl methyl sites for hydroxylation is 4. The Bertz CT molecular complexity index is 745. The number of likely N-dealkylation sites (N-methyl/N-ethyl adjacent to an activating group) is 1. The third-order valence-electron chi connectivity index (χ3n) is 3.96. The predicted molar refractivity (Wildman–Crippen MR) is 92.1 cm³/mol. The molecule has 6 nitrogen and oxygen atoms in total. The topological polar surface area (TPSA) is 75.4 Å². The largest absolute Gasteiger partial charge is 0.361 e. The molecule has 0 saturated heterocycles. The molecule has 0 aliphatic rings. The number of amides is 2. The van der Waals surface area contributed by atoms with Gasteiger partial charge in [0, 0.05) is 12.7 Å². The van der Waals surface area contributed by atoms with Gasteiger partial charge in [0.2, 0.25) is 5.91 Å². The summed E-state index contributed by atoms with van der Waals surface area (Å²) in [6.45, 7) is 7.43. The summed E-state index contributed by atoms with van der Waals surface area (Å²) in [7, 11) is 1.60. The second kappa shape index (κ2) is 7.29. The van der Waals surface area contributed by atoms with Crippen molar-refractivity contribution in [2.75, 3.05) is 18.9 Å². The minimum Gasteiger partial charge on any atom is -0.361 e. The van der Waals surface area contributed by atoms with Crippen LogP contribution in [0.4, 0.5) is 5.69 Å². The highest BCUT2D eigenvalue weighted by Gasteiger charge is 2.23. The number of anilines is 1. The second-order valence-electron chi connectivity index (χ2n) is 5.89. The Balaban J connectivity index is 2.09. The number of carbonyl (C=O) groups excluding carboxylic acids is 2. The SMILES string of the molecule is CCc1noc(C)c1C(=O)N(C)CC(=O)Nc1c(C)cccc1C. The normalized spacial score (nSPS) is 10.5. The maximum atomic E-state index is 12.6. The van der Waals surface area contributed by atoms with Gasteiger partial charge in [0.1, 0.15) is 11.3 Å². The molecule has 128 valence electrons. The summed E-state index contributed by atoms with van der Waals surface area (Å²) >= 11 is 0. The summed E-state index contributed by atoms with van der Waals surface area (Å²) < 4.78 is 5.09. The number of rotatable bonds is 5. The molecule has 1 N–H and O–H groups in total. The highest BCUT2D eigenvalue weighted by Crippen LogP contribution is 2.20. The Kier molecular flexibility index (Phi) is 5.39. The number of aromatic nitrogens is 1. The summed E-state index contributed by atoms with van der Waals surface area (Å²) in [5.41, 5.74) is 3.82. The fourth-order valence-corrected chi connectivity index (χ4v) is 2.60. The fourth-order valence-electron chi connectivity index (χ4n) is 2.60. The molecule has 1 heterocycles. The van der Waals surface area contributed by atoms with Crippen molar-refractivity contribution in [3.05, 3.63) is 46.3 Å². The van der Waals surface area contributed by atoms with Gasteiger partial charge in [-0.15, -0.1) is 0 Å². The first kappa shape index (κ1) is 17.7. The van der Waals surface area contributed by atoms with E-state index >= 15 is 0 Å². The summed E-state index contributed by atoms with van der Waals surface area (Å²) in [5, 5.41) is 6.77.